The van der Waals surface area contributed by atoms with Gasteiger partial charge in [0.2, 0.25) is 5.88 Å². The van der Waals surface area contributed by atoms with Crippen LogP contribution in [0.2, 0.25) is 0 Å². The number of methoxy groups -OCH3 is 1. The maximum absolute atomic E-state index is 5.42. The predicted molar refractivity (Wildman–Crippen MR) is 81.5 cm³/mol. The molecule has 0 unspecified atom stereocenters. The zero-order valence-corrected chi connectivity index (χ0v) is 12.6. The second kappa shape index (κ2) is 8.26. The number of aryl methyl sites for hydroxylation is 1. The number of anilines is 1. The molecular formula is C15H22N4O2. The minimum atomic E-state index is 0.506. The van der Waals surface area contributed by atoms with E-state index in [9.17, 15) is 0 Å². The molecule has 0 fully saturated rings. The van der Waals surface area contributed by atoms with Gasteiger partial charge in [-0.1, -0.05) is 6.92 Å². The maximum atomic E-state index is 5.42. The van der Waals surface area contributed by atoms with E-state index in [-0.39, 0.29) is 0 Å². The van der Waals surface area contributed by atoms with Crippen molar-refractivity contribution >= 4 is 5.69 Å². The van der Waals surface area contributed by atoms with Gasteiger partial charge in [-0.3, -0.25) is 4.68 Å². The summed E-state index contributed by atoms with van der Waals surface area (Å²) in [5.41, 5.74) is 2.12. The highest BCUT2D eigenvalue weighted by molar-refractivity contribution is 5.42. The van der Waals surface area contributed by atoms with E-state index in [1.54, 1.807) is 13.3 Å². The average molecular weight is 290 g/mol. The molecule has 0 atom stereocenters. The standard InChI is InChI=1S/C15H22N4O2/c1-3-8-19-14(6-7-18-19)12-16-13-4-5-15(17-11-13)21-10-9-20-2/h4-7,11,16H,3,8-10,12H2,1-2H3. The van der Waals surface area contributed by atoms with Crippen LogP contribution in [0, 0.1) is 0 Å². The second-order valence-corrected chi connectivity index (χ2v) is 4.63. The van der Waals surface area contributed by atoms with E-state index in [2.05, 4.69) is 22.3 Å². The van der Waals surface area contributed by atoms with E-state index in [0.717, 1.165) is 30.9 Å². The number of ether oxygens (including phenoxy) is 2. The Labute approximate surface area is 125 Å². The Hall–Kier alpha value is -2.08. The van der Waals surface area contributed by atoms with Crippen LogP contribution in [0.15, 0.2) is 30.6 Å². The molecule has 6 nitrogen and oxygen atoms in total. The van der Waals surface area contributed by atoms with Crippen LogP contribution >= 0.6 is 0 Å². The lowest BCUT2D eigenvalue weighted by Gasteiger charge is -2.09. The largest absolute Gasteiger partial charge is 0.475 e. The molecule has 0 aliphatic carbocycles. The van der Waals surface area contributed by atoms with Crippen LogP contribution in [0.1, 0.15) is 19.0 Å². The van der Waals surface area contributed by atoms with Gasteiger partial charge in [0.1, 0.15) is 6.61 Å². The maximum Gasteiger partial charge on any atom is 0.213 e. The van der Waals surface area contributed by atoms with Crippen molar-refractivity contribution in [2.45, 2.75) is 26.4 Å². The summed E-state index contributed by atoms with van der Waals surface area (Å²) in [6, 6.07) is 5.83. The molecule has 2 rings (SSSR count). The fraction of sp³-hybridized carbons (Fsp3) is 0.467. The van der Waals surface area contributed by atoms with Crippen LogP contribution in [0.25, 0.3) is 0 Å². The van der Waals surface area contributed by atoms with E-state index in [0.29, 0.717) is 19.1 Å². The van der Waals surface area contributed by atoms with Gasteiger partial charge in [-0.05, 0) is 18.6 Å². The summed E-state index contributed by atoms with van der Waals surface area (Å²) in [6.07, 6.45) is 4.67. The van der Waals surface area contributed by atoms with Gasteiger partial charge in [0, 0.05) is 25.9 Å². The van der Waals surface area contributed by atoms with Gasteiger partial charge in [-0.15, -0.1) is 0 Å². The van der Waals surface area contributed by atoms with Crippen molar-refractivity contribution in [1.82, 2.24) is 14.8 Å². The fourth-order valence-electron chi connectivity index (χ4n) is 1.92. The highest BCUT2D eigenvalue weighted by Crippen LogP contribution is 2.13. The Kier molecular flexibility index (Phi) is 6.02. The molecule has 0 saturated heterocycles. The van der Waals surface area contributed by atoms with Crippen molar-refractivity contribution in [1.29, 1.82) is 0 Å². The third-order valence-corrected chi connectivity index (χ3v) is 2.99. The molecule has 0 aromatic carbocycles. The number of nitrogens with zero attached hydrogens (tertiary/aromatic N) is 3. The molecule has 21 heavy (non-hydrogen) atoms. The number of hydrogen-bond donors (Lipinski definition) is 1. The molecule has 114 valence electrons. The van der Waals surface area contributed by atoms with Crippen molar-refractivity contribution in [3.8, 4) is 5.88 Å². The minimum absolute atomic E-state index is 0.506. The summed E-state index contributed by atoms with van der Waals surface area (Å²) in [6.45, 7) is 4.88. The van der Waals surface area contributed by atoms with Gasteiger partial charge < -0.3 is 14.8 Å². The van der Waals surface area contributed by atoms with Crippen LogP contribution in [-0.2, 0) is 17.8 Å². The summed E-state index contributed by atoms with van der Waals surface area (Å²) < 4.78 is 12.4. The fourth-order valence-corrected chi connectivity index (χ4v) is 1.92. The van der Waals surface area contributed by atoms with Crippen LogP contribution < -0.4 is 10.1 Å². The van der Waals surface area contributed by atoms with Gasteiger partial charge in [-0.25, -0.2) is 4.98 Å². The topological polar surface area (TPSA) is 61.2 Å². The molecule has 2 heterocycles. The zero-order chi connectivity index (χ0) is 14.9. The predicted octanol–water partition coefficient (Wildman–Crippen LogP) is 2.33. The summed E-state index contributed by atoms with van der Waals surface area (Å²) in [7, 11) is 1.65. The van der Waals surface area contributed by atoms with E-state index in [1.165, 1.54) is 0 Å². The van der Waals surface area contributed by atoms with E-state index >= 15 is 0 Å². The average Bonchev–Trinajstić information content (AvgIpc) is 2.94. The lowest BCUT2D eigenvalue weighted by Crippen LogP contribution is -2.09. The first-order valence-electron chi connectivity index (χ1n) is 7.16. The summed E-state index contributed by atoms with van der Waals surface area (Å²) in [5.74, 6) is 0.605. The SMILES string of the molecule is CCCn1nccc1CNc1ccc(OCCOC)nc1. The highest BCUT2D eigenvalue weighted by atomic mass is 16.5. The van der Waals surface area contributed by atoms with Crippen molar-refractivity contribution in [3.63, 3.8) is 0 Å². The Morgan fingerprint density at radius 1 is 1.24 bits per heavy atom. The van der Waals surface area contributed by atoms with Gasteiger partial charge in [-0.2, -0.15) is 5.10 Å². The number of aromatic nitrogens is 3. The molecule has 1 N–H and O–H groups in total. The van der Waals surface area contributed by atoms with Crippen molar-refractivity contribution in [2.75, 3.05) is 25.6 Å². The molecule has 6 heteroatoms. The lowest BCUT2D eigenvalue weighted by atomic mass is 10.3. The van der Waals surface area contributed by atoms with Crippen molar-refractivity contribution in [3.05, 3.63) is 36.3 Å². The number of nitrogens with one attached hydrogen (secondary N) is 1. The Bertz CT molecular complexity index is 525. The Morgan fingerprint density at radius 3 is 2.86 bits per heavy atom. The van der Waals surface area contributed by atoms with Gasteiger partial charge >= 0.3 is 0 Å². The number of rotatable bonds is 9. The van der Waals surface area contributed by atoms with Crippen molar-refractivity contribution < 1.29 is 9.47 Å². The minimum Gasteiger partial charge on any atom is -0.475 e. The third-order valence-electron chi connectivity index (χ3n) is 2.99. The van der Waals surface area contributed by atoms with Crippen LogP contribution in [0.5, 0.6) is 5.88 Å². The van der Waals surface area contributed by atoms with E-state index in [1.807, 2.05) is 29.1 Å². The van der Waals surface area contributed by atoms with Crippen LogP contribution in [0.4, 0.5) is 5.69 Å². The van der Waals surface area contributed by atoms with E-state index < -0.39 is 0 Å². The normalized spacial score (nSPS) is 10.6. The summed E-state index contributed by atoms with van der Waals surface area (Å²) in [4.78, 5) is 4.25. The van der Waals surface area contributed by atoms with Crippen molar-refractivity contribution in [2.24, 2.45) is 0 Å². The van der Waals surface area contributed by atoms with Gasteiger partial charge in [0.05, 0.1) is 30.7 Å². The third kappa shape index (κ3) is 4.75. The van der Waals surface area contributed by atoms with Crippen LogP contribution in [-0.4, -0.2) is 35.1 Å². The lowest BCUT2D eigenvalue weighted by molar-refractivity contribution is 0.144. The molecule has 2 aromatic rings. The Balaban J connectivity index is 1.84. The monoisotopic (exact) mass is 290 g/mol. The molecular weight excluding hydrogens is 268 g/mol. The first kappa shape index (κ1) is 15.3. The van der Waals surface area contributed by atoms with Crippen LogP contribution in [0.3, 0.4) is 0 Å². The molecule has 0 aliphatic rings. The quantitative estimate of drug-likeness (QED) is 0.718. The highest BCUT2D eigenvalue weighted by Gasteiger charge is 2.02. The molecule has 0 amide bonds. The summed E-state index contributed by atoms with van der Waals surface area (Å²) in [5, 5.41) is 7.64. The molecule has 0 bridgehead atoms. The molecule has 0 spiro atoms. The Morgan fingerprint density at radius 2 is 2.14 bits per heavy atom. The van der Waals surface area contributed by atoms with Gasteiger partial charge in [0.25, 0.3) is 0 Å². The molecule has 0 radical (unpaired) electrons. The first-order valence-corrected chi connectivity index (χ1v) is 7.16. The molecule has 2 aromatic heterocycles. The van der Waals surface area contributed by atoms with E-state index in [4.69, 9.17) is 9.47 Å². The number of pyridine rings is 1. The smallest absolute Gasteiger partial charge is 0.213 e. The second-order valence-electron chi connectivity index (χ2n) is 4.63. The number of hydrogen-bond acceptors (Lipinski definition) is 5. The first-order chi connectivity index (χ1) is 10.3. The summed E-state index contributed by atoms with van der Waals surface area (Å²) >= 11 is 0. The molecule has 0 saturated carbocycles. The van der Waals surface area contributed by atoms with Gasteiger partial charge in [0.15, 0.2) is 0 Å². The zero-order valence-electron chi connectivity index (χ0n) is 12.6. The molecule has 0 aliphatic heterocycles.